The minimum atomic E-state index is -1.84. The number of cyclic esters (lactones) is 1. The first kappa shape index (κ1) is 54.7. The maximum atomic E-state index is 13.3. The molecule has 12 heteroatoms. The van der Waals surface area contributed by atoms with Gasteiger partial charge in [0.15, 0.2) is 33.3 Å². The molecule has 0 unspecified atom stereocenters. The highest BCUT2D eigenvalue weighted by Crippen LogP contribution is 2.34. The number of hydrogen-bond donors (Lipinski definition) is 0. The third kappa shape index (κ3) is 26.7. The van der Waals surface area contributed by atoms with Crippen molar-refractivity contribution < 1.29 is 36.8 Å². The summed E-state index contributed by atoms with van der Waals surface area (Å²) in [5.74, 6) is 0.0903. The van der Waals surface area contributed by atoms with Crippen molar-refractivity contribution in [2.45, 2.75) is 276 Å². The number of hydrogen-bond acceptors (Lipinski definition) is 8. The highest BCUT2D eigenvalue weighted by Gasteiger charge is 2.39. The lowest BCUT2D eigenvalue weighted by molar-refractivity contribution is -0.139. The molecule has 0 saturated carbocycles. The summed E-state index contributed by atoms with van der Waals surface area (Å²) < 4.78 is 39.0. The second-order valence-corrected chi connectivity index (χ2v) is 39.8. The Labute approximate surface area is 368 Å². The Morgan fingerprint density at radius 1 is 0.610 bits per heavy atom. The number of ketones is 1. The van der Waals surface area contributed by atoms with Crippen molar-refractivity contribution in [2.75, 3.05) is 0 Å². The molecule has 0 aromatic rings. The third-order valence-electron chi connectivity index (χ3n) is 10.9. The number of esters is 1. The van der Waals surface area contributed by atoms with E-state index in [1.807, 2.05) is 13.0 Å². The normalized spacial score (nSPS) is 21.4. The monoisotopic (exact) mass is 899 g/mol. The van der Waals surface area contributed by atoms with Crippen LogP contribution >= 0.6 is 0 Å². The van der Waals surface area contributed by atoms with Crippen LogP contribution < -0.4 is 0 Å². The molecule has 0 amide bonds. The molecule has 346 valence electrons. The van der Waals surface area contributed by atoms with Gasteiger partial charge in [0, 0.05) is 30.9 Å². The molecule has 0 spiro atoms. The summed E-state index contributed by atoms with van der Waals surface area (Å²) in [6.45, 7) is 31.2. The van der Waals surface area contributed by atoms with Gasteiger partial charge < -0.3 is 27.2 Å². The molecular weight excluding hydrogens is 805 g/mol. The zero-order chi connectivity index (χ0) is 44.3. The number of ether oxygens (including phenoxy) is 2. The number of Topliss-reactive ketones (excluding diaryl/α,β-unsaturated/α-hetero) is 1. The van der Waals surface area contributed by atoms with Gasteiger partial charge >= 0.3 is 5.97 Å². The van der Waals surface area contributed by atoms with E-state index in [4.69, 9.17) is 27.2 Å². The van der Waals surface area contributed by atoms with Crippen LogP contribution in [0.4, 0.5) is 0 Å². The topological polar surface area (TPSA) is 89.5 Å². The van der Waals surface area contributed by atoms with Gasteiger partial charge in [0.2, 0.25) is 0 Å². The van der Waals surface area contributed by atoms with Crippen LogP contribution in [0.2, 0.25) is 78.6 Å². The molecule has 2 heterocycles. The summed E-state index contributed by atoms with van der Waals surface area (Å²) in [7, 11) is -7.14. The largest absolute Gasteiger partial charge is 0.455 e. The fourth-order valence-corrected chi connectivity index (χ4v) is 13.4. The Hall–Kier alpha value is -0.452. The van der Waals surface area contributed by atoms with E-state index in [-0.39, 0.29) is 48.7 Å². The van der Waals surface area contributed by atoms with E-state index in [2.05, 4.69) is 85.5 Å². The van der Waals surface area contributed by atoms with Gasteiger partial charge in [-0.25, -0.2) is 4.79 Å². The molecule has 2 aliphatic rings. The van der Waals surface area contributed by atoms with E-state index in [0.717, 1.165) is 76.2 Å². The van der Waals surface area contributed by atoms with Gasteiger partial charge in [0.05, 0.1) is 30.5 Å². The van der Waals surface area contributed by atoms with Gasteiger partial charge in [0.25, 0.3) is 0 Å². The van der Waals surface area contributed by atoms with Gasteiger partial charge in [0.1, 0.15) is 11.9 Å². The lowest BCUT2D eigenvalue weighted by Crippen LogP contribution is -2.42. The lowest BCUT2D eigenvalue weighted by atomic mass is 9.98. The number of carbonyl (C=O) groups is 2. The summed E-state index contributed by atoms with van der Waals surface area (Å²) in [6.07, 6.45) is 25.6. The molecule has 2 rings (SSSR count). The summed E-state index contributed by atoms with van der Waals surface area (Å²) >= 11 is 0. The molecule has 0 aliphatic carbocycles. The van der Waals surface area contributed by atoms with Crippen molar-refractivity contribution in [3.63, 3.8) is 0 Å². The maximum absolute atomic E-state index is 13.3. The Balaban J connectivity index is 1.85. The summed E-state index contributed by atoms with van der Waals surface area (Å²) in [5, 5.41) is 0. The molecule has 59 heavy (non-hydrogen) atoms. The zero-order valence-corrected chi connectivity index (χ0v) is 44.9. The molecule has 1 fully saturated rings. The zero-order valence-electron chi connectivity index (χ0n) is 40.9. The Bertz CT molecular complexity index is 1220. The van der Waals surface area contributed by atoms with Gasteiger partial charge in [-0.3, -0.25) is 4.79 Å². The van der Waals surface area contributed by atoms with E-state index in [1.54, 1.807) is 0 Å². The number of unbranched alkanes of at least 4 members (excludes halogenated alkanes) is 10. The van der Waals surface area contributed by atoms with E-state index in [0.29, 0.717) is 25.0 Å². The first-order chi connectivity index (χ1) is 27.4. The molecule has 2 aliphatic heterocycles. The SMILES string of the molecule is CCCCCCCCCC[C@@H](O[Si](C)(C)C)[C@H]1CC[C@@H]([C@H](CCCCCCC(=O)C[C@@H](CCC[C@H](CC2=C[C@H](C)OC2=O)O[Si](C)(C)C)O[Si](C)(C)C)O[Si](C)(C)C)O1. The molecule has 1 saturated heterocycles. The first-order valence-electron chi connectivity index (χ1n) is 24.2. The second-order valence-electron chi connectivity index (χ2n) is 21.9. The third-order valence-corrected chi connectivity index (χ3v) is 15.0. The van der Waals surface area contributed by atoms with Crippen molar-refractivity contribution in [1.29, 1.82) is 0 Å². The van der Waals surface area contributed by atoms with Crippen molar-refractivity contribution in [3.8, 4) is 0 Å². The molecule has 0 radical (unpaired) electrons. The average Bonchev–Trinajstić information content (AvgIpc) is 3.69. The van der Waals surface area contributed by atoms with Crippen molar-refractivity contribution >= 4 is 45.0 Å². The van der Waals surface area contributed by atoms with Crippen molar-refractivity contribution in [3.05, 3.63) is 11.6 Å². The molecule has 0 bridgehead atoms. The van der Waals surface area contributed by atoms with Crippen LogP contribution in [0, 0.1) is 0 Å². The fraction of sp³-hybridized carbons (Fsp3) is 0.915. The van der Waals surface area contributed by atoms with E-state index in [1.165, 1.54) is 51.4 Å². The average molecular weight is 900 g/mol. The molecular formula is C47H94O8Si4. The maximum Gasteiger partial charge on any atom is 0.334 e. The van der Waals surface area contributed by atoms with Crippen LogP contribution in [-0.4, -0.2) is 87.7 Å². The van der Waals surface area contributed by atoms with Crippen LogP contribution in [-0.2, 0) is 36.8 Å². The van der Waals surface area contributed by atoms with Crippen molar-refractivity contribution in [1.82, 2.24) is 0 Å². The Morgan fingerprint density at radius 2 is 1.05 bits per heavy atom. The quantitative estimate of drug-likeness (QED) is 0.0358. The van der Waals surface area contributed by atoms with Gasteiger partial charge in [-0.05, 0) is 143 Å². The standard InChI is InChI=1S/C47H94O8Si4/c1-15-16-17-18-19-20-21-25-31-45(54-58(9,10)11)43-33-34-44(51-43)46(55-59(12,13)14)32-26-23-22-24-28-40(48)37-42(53-57(6,7)8)30-27-29-41(52-56(3,4)5)36-39-35-38(2)50-47(39)49/h35,38,41-46H,15-34,36-37H2,1-14H3/t38-,41+,42+,43+,44-,45+,46-/m0/s1. The smallest absolute Gasteiger partial charge is 0.334 e. The fourth-order valence-electron chi connectivity index (χ4n) is 8.65. The summed E-state index contributed by atoms with van der Waals surface area (Å²) in [6, 6.07) is 0. The van der Waals surface area contributed by atoms with Crippen LogP contribution in [0.15, 0.2) is 11.6 Å². The van der Waals surface area contributed by atoms with E-state index < -0.39 is 33.3 Å². The van der Waals surface area contributed by atoms with E-state index >= 15 is 0 Å². The Kier molecular flexibility index (Phi) is 25.0. The number of rotatable bonds is 34. The summed E-state index contributed by atoms with van der Waals surface area (Å²) in [4.78, 5) is 25.7. The second kappa shape index (κ2) is 27.0. The van der Waals surface area contributed by atoms with Crippen LogP contribution in [0.3, 0.4) is 0 Å². The van der Waals surface area contributed by atoms with Crippen LogP contribution in [0.25, 0.3) is 0 Å². The van der Waals surface area contributed by atoms with Gasteiger partial charge in [-0.1, -0.05) is 77.6 Å². The molecule has 0 aromatic heterocycles. The molecule has 0 aromatic carbocycles. The lowest BCUT2D eigenvalue weighted by Gasteiger charge is -2.33. The minimum Gasteiger partial charge on any atom is -0.455 e. The van der Waals surface area contributed by atoms with Crippen LogP contribution in [0.5, 0.6) is 0 Å². The first-order valence-corrected chi connectivity index (χ1v) is 37.9. The highest BCUT2D eigenvalue weighted by atomic mass is 28.4. The van der Waals surface area contributed by atoms with Gasteiger partial charge in [-0.15, -0.1) is 0 Å². The Morgan fingerprint density at radius 3 is 1.51 bits per heavy atom. The predicted molar refractivity (Wildman–Crippen MR) is 257 cm³/mol. The molecule has 0 N–H and O–H groups in total. The number of carbonyl (C=O) groups excluding carboxylic acids is 2. The predicted octanol–water partition coefficient (Wildman–Crippen LogP) is 13.7. The van der Waals surface area contributed by atoms with Crippen LogP contribution in [0.1, 0.15) is 155 Å². The molecule has 8 nitrogen and oxygen atoms in total. The molecule has 7 atom stereocenters. The summed E-state index contributed by atoms with van der Waals surface area (Å²) in [5.41, 5.74) is 0.728. The van der Waals surface area contributed by atoms with E-state index in [9.17, 15) is 9.59 Å². The minimum absolute atomic E-state index is 0.0307. The van der Waals surface area contributed by atoms with Crippen molar-refractivity contribution in [2.24, 2.45) is 0 Å². The van der Waals surface area contributed by atoms with Gasteiger partial charge in [-0.2, -0.15) is 0 Å². The highest BCUT2D eigenvalue weighted by molar-refractivity contribution is 6.70.